The van der Waals surface area contributed by atoms with Crippen molar-refractivity contribution in [1.29, 1.82) is 0 Å². The first-order chi connectivity index (χ1) is 5.11. The molecule has 1 aromatic carbocycles. The average Bonchev–Trinajstić information content (AvgIpc) is 1.85. The number of rotatable bonds is 1. The fraction of sp³-hybridized carbons (Fsp3) is 0. The van der Waals surface area contributed by atoms with Crippen molar-refractivity contribution in [3.63, 3.8) is 0 Å². The van der Waals surface area contributed by atoms with E-state index in [1.54, 1.807) is 0 Å². The van der Waals surface area contributed by atoms with Crippen LogP contribution in [0.1, 0.15) is 0 Å². The molecule has 0 aliphatic rings. The monoisotopic (exact) mass is 172 g/mol. The van der Waals surface area contributed by atoms with Gasteiger partial charge < -0.3 is 10.0 Å². The Morgan fingerprint density at radius 1 is 1.36 bits per heavy atom. The Bertz CT molecular complexity index is 267. The highest BCUT2D eigenvalue weighted by Crippen LogP contribution is 2.05. The van der Waals surface area contributed by atoms with Gasteiger partial charge in [0.1, 0.15) is 5.82 Å². The maximum absolute atomic E-state index is 12.7. The van der Waals surface area contributed by atoms with Gasteiger partial charge >= 0.3 is 7.12 Å². The first kappa shape index (κ1) is 8.58. The minimum Gasteiger partial charge on any atom is -0.423 e. The highest BCUT2D eigenvalue weighted by Gasteiger charge is 2.15. The van der Waals surface area contributed by atoms with Gasteiger partial charge in [0.05, 0.1) is 0 Å². The normalized spacial score (nSPS) is 9.82. The third kappa shape index (κ3) is 1.96. The molecule has 1 rings (SSSR count). The molecule has 0 amide bonds. The van der Waals surface area contributed by atoms with Gasteiger partial charge in [0.15, 0.2) is 0 Å². The second-order valence-electron chi connectivity index (χ2n) is 2.08. The lowest BCUT2D eigenvalue weighted by Crippen LogP contribution is -2.32. The quantitative estimate of drug-likeness (QED) is 0.405. The van der Waals surface area contributed by atoms with Crippen LogP contribution in [0.3, 0.4) is 0 Å². The highest BCUT2D eigenvalue weighted by molar-refractivity contribution is 7.80. The molecule has 0 spiro atoms. The Labute approximate surface area is 69.2 Å². The number of thiol groups is 1. The molecule has 11 heavy (non-hydrogen) atoms. The minimum atomic E-state index is -1.76. The molecule has 0 heterocycles. The van der Waals surface area contributed by atoms with Gasteiger partial charge in [-0.3, -0.25) is 0 Å². The van der Waals surface area contributed by atoms with E-state index in [1.807, 2.05) is 0 Å². The molecule has 0 atom stereocenters. The molecule has 0 unspecified atom stereocenters. The molecule has 0 saturated heterocycles. The van der Waals surface area contributed by atoms with Crippen molar-refractivity contribution in [2.24, 2.45) is 0 Å². The molecule has 0 aliphatic carbocycles. The zero-order valence-corrected chi connectivity index (χ0v) is 6.42. The molecule has 0 aromatic heterocycles. The van der Waals surface area contributed by atoms with E-state index in [0.29, 0.717) is 4.90 Å². The molecule has 0 bridgehead atoms. The second kappa shape index (κ2) is 3.25. The largest absolute Gasteiger partial charge is 0.491 e. The van der Waals surface area contributed by atoms with Gasteiger partial charge in [0.2, 0.25) is 0 Å². The van der Waals surface area contributed by atoms with Crippen LogP contribution >= 0.6 is 12.6 Å². The molecular weight excluding hydrogens is 166 g/mol. The van der Waals surface area contributed by atoms with E-state index in [-0.39, 0.29) is 5.46 Å². The van der Waals surface area contributed by atoms with Crippen LogP contribution in [0, 0.1) is 5.82 Å². The zero-order chi connectivity index (χ0) is 8.43. The highest BCUT2D eigenvalue weighted by atomic mass is 32.1. The zero-order valence-electron chi connectivity index (χ0n) is 5.53. The average molecular weight is 172 g/mol. The summed E-state index contributed by atoms with van der Waals surface area (Å²) in [7, 11) is -1.76. The maximum atomic E-state index is 12.7. The van der Waals surface area contributed by atoms with Crippen LogP contribution in [0.2, 0.25) is 0 Å². The van der Waals surface area contributed by atoms with Crippen LogP contribution in [0.25, 0.3) is 0 Å². The first-order valence-electron chi connectivity index (χ1n) is 2.96. The summed E-state index contributed by atoms with van der Waals surface area (Å²) in [5, 5.41) is 17.2. The lowest BCUT2D eigenvalue weighted by atomic mass is 9.80. The summed E-state index contributed by atoms with van der Waals surface area (Å²) < 4.78 is 12.7. The van der Waals surface area contributed by atoms with Gasteiger partial charge in [-0.25, -0.2) is 4.39 Å². The topological polar surface area (TPSA) is 40.5 Å². The molecule has 2 N–H and O–H groups in total. The van der Waals surface area contributed by atoms with Crippen molar-refractivity contribution in [2.75, 3.05) is 0 Å². The van der Waals surface area contributed by atoms with E-state index >= 15 is 0 Å². The summed E-state index contributed by atoms with van der Waals surface area (Å²) in [6.45, 7) is 0. The Balaban J connectivity index is 3.09. The summed E-state index contributed by atoms with van der Waals surface area (Å²) >= 11 is 3.87. The Morgan fingerprint density at radius 3 is 2.45 bits per heavy atom. The Hall–Kier alpha value is -0.515. The predicted molar refractivity (Wildman–Crippen MR) is 43.5 cm³/mol. The predicted octanol–water partition coefficient (Wildman–Crippen LogP) is -0.206. The molecule has 0 saturated carbocycles. The van der Waals surface area contributed by atoms with E-state index in [2.05, 4.69) is 12.6 Å². The van der Waals surface area contributed by atoms with E-state index < -0.39 is 12.9 Å². The van der Waals surface area contributed by atoms with Gasteiger partial charge in [-0.1, -0.05) is 6.07 Å². The first-order valence-corrected chi connectivity index (χ1v) is 3.40. The molecular formula is C6H6BFO2S. The number of hydrogen-bond acceptors (Lipinski definition) is 3. The molecule has 5 heteroatoms. The van der Waals surface area contributed by atoms with Gasteiger partial charge in [0.25, 0.3) is 0 Å². The summed E-state index contributed by atoms with van der Waals surface area (Å²) in [6.07, 6.45) is 0. The summed E-state index contributed by atoms with van der Waals surface area (Å²) in [5.74, 6) is -0.660. The molecule has 2 nitrogen and oxygen atoms in total. The van der Waals surface area contributed by atoms with Gasteiger partial charge in [-0.2, -0.15) is 0 Å². The third-order valence-corrected chi connectivity index (χ3v) is 1.54. The standard InChI is InChI=1S/C6H6BFO2S/c8-6-3-4(11)1-2-5(6)7(9)10/h1-3,9-11H. The van der Waals surface area contributed by atoms with E-state index in [1.165, 1.54) is 12.1 Å². The van der Waals surface area contributed by atoms with Crippen molar-refractivity contribution < 1.29 is 14.4 Å². The van der Waals surface area contributed by atoms with Gasteiger partial charge in [0, 0.05) is 10.4 Å². The number of halogens is 1. The van der Waals surface area contributed by atoms with Crippen LogP contribution in [0.5, 0.6) is 0 Å². The molecule has 58 valence electrons. The fourth-order valence-corrected chi connectivity index (χ4v) is 0.913. The SMILES string of the molecule is OB(O)c1ccc(S)cc1F. The van der Waals surface area contributed by atoms with E-state index in [0.717, 1.165) is 6.07 Å². The summed E-state index contributed by atoms with van der Waals surface area (Å²) in [5.41, 5.74) is -0.136. The molecule has 1 aromatic rings. The maximum Gasteiger partial charge on any atom is 0.491 e. The van der Waals surface area contributed by atoms with Crippen LogP contribution < -0.4 is 5.46 Å². The van der Waals surface area contributed by atoms with Crippen molar-refractivity contribution >= 4 is 25.2 Å². The fourth-order valence-electron chi connectivity index (χ4n) is 0.725. The van der Waals surface area contributed by atoms with Crippen LogP contribution in [0.4, 0.5) is 4.39 Å². The van der Waals surface area contributed by atoms with Gasteiger partial charge in [-0.05, 0) is 12.1 Å². The van der Waals surface area contributed by atoms with Crippen LogP contribution in [-0.2, 0) is 0 Å². The molecule has 0 radical (unpaired) electrons. The molecule has 0 fully saturated rings. The number of hydrogen-bond donors (Lipinski definition) is 3. The number of benzene rings is 1. The third-order valence-electron chi connectivity index (χ3n) is 1.26. The van der Waals surface area contributed by atoms with Crippen molar-refractivity contribution in [1.82, 2.24) is 0 Å². The molecule has 0 aliphatic heterocycles. The second-order valence-corrected chi connectivity index (χ2v) is 2.60. The smallest absolute Gasteiger partial charge is 0.423 e. The van der Waals surface area contributed by atoms with Crippen molar-refractivity contribution in [3.8, 4) is 0 Å². The van der Waals surface area contributed by atoms with Crippen molar-refractivity contribution in [3.05, 3.63) is 24.0 Å². The van der Waals surface area contributed by atoms with Gasteiger partial charge in [-0.15, -0.1) is 12.6 Å². The Kier molecular flexibility index (Phi) is 2.54. The van der Waals surface area contributed by atoms with Crippen molar-refractivity contribution in [2.45, 2.75) is 4.90 Å². The van der Waals surface area contributed by atoms with Crippen LogP contribution in [0.15, 0.2) is 23.1 Å². The van der Waals surface area contributed by atoms with E-state index in [4.69, 9.17) is 10.0 Å². The lowest BCUT2D eigenvalue weighted by Gasteiger charge is -2.00. The van der Waals surface area contributed by atoms with Crippen LogP contribution in [-0.4, -0.2) is 17.2 Å². The summed E-state index contributed by atoms with van der Waals surface area (Å²) in [6, 6.07) is 3.89. The summed E-state index contributed by atoms with van der Waals surface area (Å²) in [4.78, 5) is 0.451. The lowest BCUT2D eigenvalue weighted by molar-refractivity contribution is 0.423. The van der Waals surface area contributed by atoms with E-state index in [9.17, 15) is 4.39 Å². The minimum absolute atomic E-state index is 0.136. The Morgan fingerprint density at radius 2 is 2.00 bits per heavy atom.